The lowest BCUT2D eigenvalue weighted by atomic mass is 10.1. The zero-order valence-corrected chi connectivity index (χ0v) is 15.2. The molecule has 128 valence electrons. The van der Waals surface area contributed by atoms with Gasteiger partial charge in [0.05, 0.1) is 11.4 Å². The van der Waals surface area contributed by atoms with Crippen LogP contribution in [-0.4, -0.2) is 20.9 Å². The van der Waals surface area contributed by atoms with Crippen molar-refractivity contribution in [3.05, 3.63) is 70.0 Å². The van der Waals surface area contributed by atoms with Crippen molar-refractivity contribution in [1.29, 1.82) is 0 Å². The molecule has 5 nitrogen and oxygen atoms in total. The molecule has 1 heterocycles. The minimum Gasteiger partial charge on any atom is -0.321 e. The van der Waals surface area contributed by atoms with Crippen LogP contribution in [0.1, 0.15) is 38.4 Å². The van der Waals surface area contributed by atoms with Crippen molar-refractivity contribution in [2.75, 3.05) is 5.32 Å². The van der Waals surface area contributed by atoms with Gasteiger partial charge < -0.3 is 5.32 Å². The van der Waals surface area contributed by atoms with E-state index in [0.717, 1.165) is 16.9 Å². The Morgan fingerprint density at radius 2 is 1.52 bits per heavy atom. The Balaban J connectivity index is 1.88. The van der Waals surface area contributed by atoms with Gasteiger partial charge in [-0.1, -0.05) is 17.3 Å². The summed E-state index contributed by atoms with van der Waals surface area (Å²) in [6.45, 7) is 10.0. The molecule has 0 fully saturated rings. The number of hydrogen-bond donors (Lipinski definition) is 1. The molecular formula is C20H22N4O. The van der Waals surface area contributed by atoms with Crippen molar-refractivity contribution in [2.24, 2.45) is 0 Å². The number of nitrogens with one attached hydrogen (secondary N) is 1. The highest BCUT2D eigenvalue weighted by Crippen LogP contribution is 2.18. The van der Waals surface area contributed by atoms with E-state index in [9.17, 15) is 4.79 Å². The lowest BCUT2D eigenvalue weighted by molar-refractivity contribution is 0.102. The van der Waals surface area contributed by atoms with E-state index in [1.165, 1.54) is 16.7 Å². The van der Waals surface area contributed by atoms with E-state index in [2.05, 4.69) is 29.5 Å². The minimum absolute atomic E-state index is 0.254. The summed E-state index contributed by atoms with van der Waals surface area (Å²) >= 11 is 0. The SMILES string of the molecule is Cc1ccc(NC(=O)c2nnn(-c3ccc(C)c(C)c3)c2C)cc1C. The fraction of sp³-hybridized carbons (Fsp3) is 0.250. The monoisotopic (exact) mass is 334 g/mol. The number of amides is 1. The number of carbonyl (C=O) groups is 1. The molecule has 0 aliphatic carbocycles. The van der Waals surface area contributed by atoms with E-state index in [1.54, 1.807) is 4.68 Å². The summed E-state index contributed by atoms with van der Waals surface area (Å²) in [6, 6.07) is 11.9. The van der Waals surface area contributed by atoms with Gasteiger partial charge in [-0.3, -0.25) is 4.79 Å². The van der Waals surface area contributed by atoms with Gasteiger partial charge in [-0.2, -0.15) is 0 Å². The minimum atomic E-state index is -0.254. The van der Waals surface area contributed by atoms with Gasteiger partial charge in [0.25, 0.3) is 5.91 Å². The quantitative estimate of drug-likeness (QED) is 0.786. The van der Waals surface area contributed by atoms with Crippen LogP contribution in [0.25, 0.3) is 5.69 Å². The van der Waals surface area contributed by atoms with Crippen molar-refractivity contribution in [2.45, 2.75) is 34.6 Å². The van der Waals surface area contributed by atoms with Gasteiger partial charge in [0.1, 0.15) is 0 Å². The average molecular weight is 334 g/mol. The van der Waals surface area contributed by atoms with E-state index in [-0.39, 0.29) is 5.91 Å². The Labute approximate surface area is 147 Å². The summed E-state index contributed by atoms with van der Waals surface area (Å²) in [5, 5.41) is 11.1. The van der Waals surface area contributed by atoms with Crippen LogP contribution in [0.2, 0.25) is 0 Å². The van der Waals surface area contributed by atoms with E-state index in [1.807, 2.05) is 57.2 Å². The third-order valence-electron chi connectivity index (χ3n) is 4.61. The molecule has 0 atom stereocenters. The number of benzene rings is 2. The average Bonchev–Trinajstić information content (AvgIpc) is 2.95. The third kappa shape index (κ3) is 3.31. The van der Waals surface area contributed by atoms with E-state index in [0.29, 0.717) is 11.4 Å². The molecule has 0 bridgehead atoms. The van der Waals surface area contributed by atoms with Crippen LogP contribution < -0.4 is 5.32 Å². The molecule has 3 rings (SSSR count). The standard InChI is InChI=1S/C20H22N4O/c1-12-6-8-17(10-14(12)3)21-20(25)19-16(5)24(23-22-19)18-9-7-13(2)15(4)11-18/h6-11H,1-5H3,(H,21,25). The molecule has 0 radical (unpaired) electrons. The lowest BCUT2D eigenvalue weighted by Gasteiger charge is -2.08. The summed E-state index contributed by atoms with van der Waals surface area (Å²) in [7, 11) is 0. The lowest BCUT2D eigenvalue weighted by Crippen LogP contribution is -2.14. The van der Waals surface area contributed by atoms with Gasteiger partial charge in [0.2, 0.25) is 0 Å². The summed E-state index contributed by atoms with van der Waals surface area (Å²) in [6.07, 6.45) is 0. The number of rotatable bonds is 3. The number of nitrogens with zero attached hydrogens (tertiary/aromatic N) is 3. The number of carbonyl (C=O) groups excluding carboxylic acids is 1. The Hall–Kier alpha value is -2.95. The molecule has 0 saturated carbocycles. The molecule has 25 heavy (non-hydrogen) atoms. The largest absolute Gasteiger partial charge is 0.321 e. The van der Waals surface area contributed by atoms with Crippen molar-refractivity contribution < 1.29 is 4.79 Å². The van der Waals surface area contributed by atoms with Crippen LogP contribution in [-0.2, 0) is 0 Å². The number of anilines is 1. The molecule has 3 aromatic rings. The topological polar surface area (TPSA) is 59.8 Å². The predicted octanol–water partition coefficient (Wildman–Crippen LogP) is 4.06. The second kappa shape index (κ2) is 6.51. The molecule has 1 N–H and O–H groups in total. The normalized spacial score (nSPS) is 10.8. The highest BCUT2D eigenvalue weighted by molar-refractivity contribution is 6.03. The predicted molar refractivity (Wildman–Crippen MR) is 99.4 cm³/mol. The molecule has 0 unspecified atom stereocenters. The third-order valence-corrected chi connectivity index (χ3v) is 4.61. The van der Waals surface area contributed by atoms with Crippen LogP contribution in [0.5, 0.6) is 0 Å². The molecule has 0 saturated heterocycles. The van der Waals surface area contributed by atoms with Crippen molar-refractivity contribution in [3.63, 3.8) is 0 Å². The zero-order chi connectivity index (χ0) is 18.1. The highest BCUT2D eigenvalue weighted by Gasteiger charge is 2.18. The summed E-state index contributed by atoms with van der Waals surface area (Å²) in [5.74, 6) is -0.254. The van der Waals surface area contributed by atoms with Crippen LogP contribution in [0.15, 0.2) is 36.4 Å². The van der Waals surface area contributed by atoms with Crippen molar-refractivity contribution >= 4 is 11.6 Å². The summed E-state index contributed by atoms with van der Waals surface area (Å²) < 4.78 is 1.70. The smallest absolute Gasteiger partial charge is 0.278 e. The van der Waals surface area contributed by atoms with Crippen LogP contribution >= 0.6 is 0 Å². The van der Waals surface area contributed by atoms with E-state index >= 15 is 0 Å². The van der Waals surface area contributed by atoms with E-state index in [4.69, 9.17) is 0 Å². The molecule has 1 amide bonds. The van der Waals surface area contributed by atoms with Crippen LogP contribution in [0.3, 0.4) is 0 Å². The fourth-order valence-electron chi connectivity index (χ4n) is 2.65. The number of aromatic nitrogens is 3. The molecular weight excluding hydrogens is 312 g/mol. The first-order chi connectivity index (χ1) is 11.9. The molecule has 1 aromatic heterocycles. The molecule has 2 aromatic carbocycles. The molecule has 0 spiro atoms. The number of hydrogen-bond acceptors (Lipinski definition) is 3. The van der Waals surface area contributed by atoms with Gasteiger partial charge in [0.15, 0.2) is 5.69 Å². The maximum Gasteiger partial charge on any atom is 0.278 e. The molecule has 0 aliphatic heterocycles. The fourth-order valence-corrected chi connectivity index (χ4v) is 2.65. The second-order valence-electron chi connectivity index (χ2n) is 6.46. The van der Waals surface area contributed by atoms with Gasteiger partial charge in [-0.25, -0.2) is 4.68 Å². The number of aryl methyl sites for hydroxylation is 4. The Kier molecular flexibility index (Phi) is 4.40. The Morgan fingerprint density at radius 1 is 0.880 bits per heavy atom. The van der Waals surface area contributed by atoms with Gasteiger partial charge >= 0.3 is 0 Å². The first kappa shape index (κ1) is 16.9. The van der Waals surface area contributed by atoms with Gasteiger partial charge in [-0.15, -0.1) is 5.10 Å². The summed E-state index contributed by atoms with van der Waals surface area (Å²) in [5.41, 5.74) is 7.42. The molecule has 0 aliphatic rings. The first-order valence-electron chi connectivity index (χ1n) is 8.25. The van der Waals surface area contributed by atoms with Gasteiger partial charge in [0, 0.05) is 5.69 Å². The van der Waals surface area contributed by atoms with Crippen molar-refractivity contribution in [1.82, 2.24) is 15.0 Å². The Bertz CT molecular complexity index is 956. The molecule has 5 heteroatoms. The zero-order valence-electron chi connectivity index (χ0n) is 15.2. The highest BCUT2D eigenvalue weighted by atomic mass is 16.2. The Morgan fingerprint density at radius 3 is 2.16 bits per heavy atom. The van der Waals surface area contributed by atoms with Crippen LogP contribution in [0, 0.1) is 34.6 Å². The van der Waals surface area contributed by atoms with E-state index < -0.39 is 0 Å². The maximum absolute atomic E-state index is 12.6. The second-order valence-corrected chi connectivity index (χ2v) is 6.46. The first-order valence-corrected chi connectivity index (χ1v) is 8.25. The van der Waals surface area contributed by atoms with Crippen LogP contribution in [0.4, 0.5) is 5.69 Å². The maximum atomic E-state index is 12.6. The summed E-state index contributed by atoms with van der Waals surface area (Å²) in [4.78, 5) is 12.6. The van der Waals surface area contributed by atoms with Crippen molar-refractivity contribution in [3.8, 4) is 5.69 Å². The van der Waals surface area contributed by atoms with Gasteiger partial charge in [-0.05, 0) is 81.1 Å².